The normalized spacial score (nSPS) is 21.8. The number of carbonyl (C=O) groups excluding carboxylic acids is 1. The third-order valence-electron chi connectivity index (χ3n) is 5.80. The standard InChI is InChI=1S/C20H29N5O/c1-14-6-7-17-18(11-14)23-19(22-17)8-9-21-20(26)24-12-16(13-24)25-10-4-3-5-15(25)2/h6-7,11,15-16H,3-5,8-10,12-13H2,1-2H3,(H,21,26)(H,22,23). The number of hydrogen-bond donors (Lipinski definition) is 2. The molecule has 0 radical (unpaired) electrons. The lowest BCUT2D eigenvalue weighted by molar-refractivity contribution is 0.0170. The fourth-order valence-electron chi connectivity index (χ4n) is 4.19. The van der Waals surface area contributed by atoms with Crippen LogP contribution >= 0.6 is 0 Å². The zero-order valence-electron chi connectivity index (χ0n) is 15.8. The van der Waals surface area contributed by atoms with E-state index in [1.165, 1.54) is 31.4 Å². The Morgan fingerprint density at radius 3 is 3.00 bits per heavy atom. The lowest BCUT2D eigenvalue weighted by Crippen LogP contribution is -2.65. The summed E-state index contributed by atoms with van der Waals surface area (Å²) in [4.78, 5) is 24.7. The van der Waals surface area contributed by atoms with Crippen molar-refractivity contribution >= 4 is 17.1 Å². The van der Waals surface area contributed by atoms with E-state index in [4.69, 9.17) is 0 Å². The SMILES string of the molecule is Cc1ccc2nc(CCNC(=O)N3CC(N4CCCCC4C)C3)[nH]c2c1. The van der Waals surface area contributed by atoms with Crippen LogP contribution in [0.25, 0.3) is 11.0 Å². The highest BCUT2D eigenvalue weighted by Crippen LogP contribution is 2.24. The van der Waals surface area contributed by atoms with Crippen LogP contribution in [-0.2, 0) is 6.42 Å². The zero-order valence-corrected chi connectivity index (χ0v) is 15.8. The van der Waals surface area contributed by atoms with Gasteiger partial charge in [0, 0.05) is 38.1 Å². The number of nitrogens with one attached hydrogen (secondary N) is 2. The third kappa shape index (κ3) is 3.56. The molecule has 1 aromatic heterocycles. The molecule has 4 rings (SSSR count). The van der Waals surface area contributed by atoms with Crippen LogP contribution in [0.5, 0.6) is 0 Å². The van der Waals surface area contributed by atoms with Gasteiger partial charge in [0.1, 0.15) is 5.82 Å². The van der Waals surface area contributed by atoms with E-state index in [9.17, 15) is 4.79 Å². The van der Waals surface area contributed by atoms with Gasteiger partial charge in [-0.25, -0.2) is 9.78 Å². The predicted octanol–water partition coefficient (Wildman–Crippen LogP) is 2.68. The number of H-pyrrole nitrogens is 1. The molecule has 0 spiro atoms. The number of hydrogen-bond acceptors (Lipinski definition) is 3. The molecular weight excluding hydrogens is 326 g/mol. The predicted molar refractivity (Wildman–Crippen MR) is 103 cm³/mol. The van der Waals surface area contributed by atoms with Crippen LogP contribution in [0, 0.1) is 6.92 Å². The first-order valence-corrected chi connectivity index (χ1v) is 9.84. The van der Waals surface area contributed by atoms with E-state index in [1.807, 2.05) is 11.0 Å². The van der Waals surface area contributed by atoms with E-state index < -0.39 is 0 Å². The minimum Gasteiger partial charge on any atom is -0.342 e. The molecule has 6 heteroatoms. The first-order valence-electron chi connectivity index (χ1n) is 9.84. The Labute approximate surface area is 155 Å². The molecule has 1 atom stereocenters. The molecule has 140 valence electrons. The van der Waals surface area contributed by atoms with Crippen molar-refractivity contribution in [2.24, 2.45) is 0 Å². The number of urea groups is 1. The highest BCUT2D eigenvalue weighted by atomic mass is 16.2. The Kier molecular flexibility index (Phi) is 4.85. The van der Waals surface area contributed by atoms with Crippen LogP contribution in [0.4, 0.5) is 4.79 Å². The maximum absolute atomic E-state index is 12.3. The second-order valence-corrected chi connectivity index (χ2v) is 7.83. The van der Waals surface area contributed by atoms with Gasteiger partial charge in [0.25, 0.3) is 0 Å². The summed E-state index contributed by atoms with van der Waals surface area (Å²) < 4.78 is 0. The van der Waals surface area contributed by atoms with Gasteiger partial charge >= 0.3 is 6.03 Å². The monoisotopic (exact) mass is 355 g/mol. The average molecular weight is 355 g/mol. The van der Waals surface area contributed by atoms with Gasteiger partial charge in [-0.2, -0.15) is 0 Å². The summed E-state index contributed by atoms with van der Waals surface area (Å²) >= 11 is 0. The molecule has 0 saturated carbocycles. The molecule has 2 fully saturated rings. The molecule has 0 bridgehead atoms. The summed E-state index contributed by atoms with van der Waals surface area (Å²) in [5.74, 6) is 0.925. The number of imidazole rings is 1. The number of nitrogens with zero attached hydrogens (tertiary/aromatic N) is 3. The van der Waals surface area contributed by atoms with E-state index in [0.29, 0.717) is 18.6 Å². The lowest BCUT2D eigenvalue weighted by atomic mass is 9.98. The smallest absolute Gasteiger partial charge is 0.317 e. The number of benzene rings is 1. The molecular formula is C20H29N5O. The van der Waals surface area contributed by atoms with Crippen LogP contribution in [-0.4, -0.2) is 64.1 Å². The number of aryl methyl sites for hydroxylation is 1. The zero-order chi connectivity index (χ0) is 18.1. The number of piperidine rings is 1. The Balaban J connectivity index is 1.22. The second kappa shape index (κ2) is 7.27. The fraction of sp³-hybridized carbons (Fsp3) is 0.600. The van der Waals surface area contributed by atoms with Gasteiger partial charge < -0.3 is 15.2 Å². The Morgan fingerprint density at radius 1 is 1.35 bits per heavy atom. The molecule has 26 heavy (non-hydrogen) atoms. The van der Waals surface area contributed by atoms with Gasteiger partial charge in [-0.05, 0) is 50.9 Å². The average Bonchev–Trinajstić information content (AvgIpc) is 2.97. The first-order chi connectivity index (χ1) is 12.6. The summed E-state index contributed by atoms with van der Waals surface area (Å²) in [6, 6.07) is 7.47. The van der Waals surface area contributed by atoms with E-state index in [1.54, 1.807) is 0 Å². The Hall–Kier alpha value is -2.08. The van der Waals surface area contributed by atoms with Crippen molar-refractivity contribution in [2.75, 3.05) is 26.2 Å². The van der Waals surface area contributed by atoms with Crippen molar-refractivity contribution in [1.29, 1.82) is 0 Å². The molecule has 2 aromatic rings. The number of rotatable bonds is 4. The summed E-state index contributed by atoms with van der Waals surface area (Å²) in [7, 11) is 0. The number of fused-ring (bicyclic) bond motifs is 1. The molecule has 3 heterocycles. The van der Waals surface area contributed by atoms with Gasteiger partial charge in [-0.15, -0.1) is 0 Å². The van der Waals surface area contributed by atoms with Gasteiger partial charge in [0.2, 0.25) is 0 Å². The van der Waals surface area contributed by atoms with Gasteiger partial charge in [-0.1, -0.05) is 12.5 Å². The fourth-order valence-corrected chi connectivity index (χ4v) is 4.19. The minimum atomic E-state index is 0.0536. The van der Waals surface area contributed by atoms with Crippen molar-refractivity contribution in [2.45, 2.75) is 51.6 Å². The quantitative estimate of drug-likeness (QED) is 0.886. The summed E-state index contributed by atoms with van der Waals surface area (Å²) in [6.45, 7) is 7.91. The Bertz CT molecular complexity index is 780. The van der Waals surface area contributed by atoms with Crippen LogP contribution in [0.15, 0.2) is 18.2 Å². The molecule has 2 amide bonds. The van der Waals surface area contributed by atoms with Crippen LogP contribution < -0.4 is 5.32 Å². The second-order valence-electron chi connectivity index (χ2n) is 7.83. The minimum absolute atomic E-state index is 0.0536. The number of carbonyl (C=O) groups is 1. The highest BCUT2D eigenvalue weighted by molar-refractivity contribution is 5.76. The lowest BCUT2D eigenvalue weighted by Gasteiger charge is -2.49. The van der Waals surface area contributed by atoms with Crippen molar-refractivity contribution in [3.63, 3.8) is 0 Å². The number of aromatic nitrogens is 2. The van der Waals surface area contributed by atoms with E-state index >= 15 is 0 Å². The van der Waals surface area contributed by atoms with Gasteiger partial charge in [0.15, 0.2) is 0 Å². The third-order valence-corrected chi connectivity index (χ3v) is 5.80. The molecule has 1 aromatic carbocycles. The summed E-state index contributed by atoms with van der Waals surface area (Å²) in [6.07, 6.45) is 4.65. The van der Waals surface area contributed by atoms with E-state index in [2.05, 4.69) is 46.2 Å². The molecule has 2 saturated heterocycles. The Morgan fingerprint density at radius 2 is 2.19 bits per heavy atom. The molecule has 1 unspecified atom stereocenters. The molecule has 2 aliphatic rings. The van der Waals surface area contributed by atoms with E-state index in [0.717, 1.165) is 36.4 Å². The maximum atomic E-state index is 12.3. The molecule has 2 N–H and O–H groups in total. The summed E-state index contributed by atoms with van der Waals surface area (Å²) in [5, 5.41) is 3.03. The van der Waals surface area contributed by atoms with Crippen molar-refractivity contribution in [3.8, 4) is 0 Å². The van der Waals surface area contributed by atoms with Crippen LogP contribution in [0.1, 0.15) is 37.6 Å². The molecule has 6 nitrogen and oxygen atoms in total. The first kappa shape index (κ1) is 17.3. The van der Waals surface area contributed by atoms with Crippen molar-refractivity contribution < 1.29 is 4.79 Å². The highest BCUT2D eigenvalue weighted by Gasteiger charge is 2.37. The molecule has 2 aliphatic heterocycles. The van der Waals surface area contributed by atoms with Gasteiger partial charge in [0.05, 0.1) is 11.0 Å². The van der Waals surface area contributed by atoms with Crippen molar-refractivity contribution in [3.05, 3.63) is 29.6 Å². The van der Waals surface area contributed by atoms with Crippen LogP contribution in [0.2, 0.25) is 0 Å². The molecule has 0 aliphatic carbocycles. The topological polar surface area (TPSA) is 64.3 Å². The number of likely N-dealkylation sites (tertiary alicyclic amines) is 2. The van der Waals surface area contributed by atoms with Crippen LogP contribution in [0.3, 0.4) is 0 Å². The van der Waals surface area contributed by atoms with Gasteiger partial charge in [-0.3, -0.25) is 4.90 Å². The van der Waals surface area contributed by atoms with E-state index in [-0.39, 0.29) is 6.03 Å². The largest absolute Gasteiger partial charge is 0.342 e. The number of aromatic amines is 1. The number of amides is 2. The van der Waals surface area contributed by atoms with Crippen molar-refractivity contribution in [1.82, 2.24) is 25.1 Å². The maximum Gasteiger partial charge on any atom is 0.317 e. The summed E-state index contributed by atoms with van der Waals surface area (Å²) in [5.41, 5.74) is 3.27.